The van der Waals surface area contributed by atoms with Crippen LogP contribution in [0.4, 0.5) is 0 Å². The summed E-state index contributed by atoms with van der Waals surface area (Å²) in [6, 6.07) is 11.7. The fraction of sp³-hybridized carbons (Fsp3) is 0.440. The minimum Gasteiger partial charge on any atom is -0.508 e. The number of phenols is 1. The second-order valence-electron chi connectivity index (χ2n) is 8.17. The molecule has 0 saturated carbocycles. The molecule has 8 nitrogen and oxygen atoms in total. The molecule has 4 N–H and O–H groups in total. The second kappa shape index (κ2) is 12.8. The van der Waals surface area contributed by atoms with Crippen molar-refractivity contribution in [1.82, 2.24) is 20.9 Å². The summed E-state index contributed by atoms with van der Waals surface area (Å²) in [5.74, 6) is 0.381. The number of amides is 2. The largest absolute Gasteiger partial charge is 0.508 e. The minimum atomic E-state index is -0.220. The zero-order valence-electron chi connectivity index (χ0n) is 19.2. The number of nitrogens with one attached hydrogen (secondary N) is 3. The van der Waals surface area contributed by atoms with Gasteiger partial charge in [-0.15, -0.1) is 0 Å². The number of likely N-dealkylation sites (tertiary alicyclic amines) is 1. The monoisotopic (exact) mass is 454 g/mol. The quantitative estimate of drug-likeness (QED) is 0.388. The Bertz CT molecular complexity index is 928. The van der Waals surface area contributed by atoms with Gasteiger partial charge >= 0.3 is 0 Å². The van der Waals surface area contributed by atoms with Crippen LogP contribution in [0.5, 0.6) is 11.5 Å². The van der Waals surface area contributed by atoms with Crippen molar-refractivity contribution < 1.29 is 19.4 Å². The molecule has 1 saturated heterocycles. The molecule has 0 bridgehead atoms. The lowest BCUT2D eigenvalue weighted by Gasteiger charge is -2.26. The van der Waals surface area contributed by atoms with Crippen molar-refractivity contribution in [1.29, 1.82) is 0 Å². The topological polar surface area (TPSA) is 103 Å². The van der Waals surface area contributed by atoms with Crippen LogP contribution in [-0.4, -0.2) is 68.2 Å². The Morgan fingerprint density at radius 1 is 0.939 bits per heavy atom. The zero-order valence-corrected chi connectivity index (χ0v) is 19.2. The van der Waals surface area contributed by atoms with Crippen LogP contribution in [0.15, 0.2) is 42.5 Å². The van der Waals surface area contributed by atoms with Gasteiger partial charge in [-0.3, -0.25) is 9.59 Å². The van der Waals surface area contributed by atoms with Crippen LogP contribution in [0.2, 0.25) is 0 Å². The number of aromatic hydroxyl groups is 1. The highest BCUT2D eigenvalue weighted by molar-refractivity contribution is 5.99. The number of carbonyl (C=O) groups is 2. The lowest BCUT2D eigenvalue weighted by molar-refractivity contribution is 0.0946. The van der Waals surface area contributed by atoms with Gasteiger partial charge in [-0.25, -0.2) is 0 Å². The molecule has 1 aliphatic heterocycles. The van der Waals surface area contributed by atoms with Crippen LogP contribution < -0.4 is 20.7 Å². The highest BCUT2D eigenvalue weighted by Gasteiger charge is 2.12. The van der Waals surface area contributed by atoms with E-state index in [1.54, 1.807) is 49.6 Å². The molecule has 0 unspecified atom stereocenters. The van der Waals surface area contributed by atoms with Gasteiger partial charge in [0.2, 0.25) is 0 Å². The van der Waals surface area contributed by atoms with Crippen LogP contribution >= 0.6 is 0 Å². The van der Waals surface area contributed by atoms with Crippen molar-refractivity contribution in [2.75, 3.05) is 46.4 Å². The van der Waals surface area contributed by atoms with Gasteiger partial charge in [0.25, 0.3) is 11.8 Å². The van der Waals surface area contributed by atoms with Gasteiger partial charge < -0.3 is 30.7 Å². The summed E-state index contributed by atoms with van der Waals surface area (Å²) in [6.07, 6.45) is 3.75. The Morgan fingerprint density at radius 2 is 1.64 bits per heavy atom. The molecular weight excluding hydrogens is 420 g/mol. The van der Waals surface area contributed by atoms with Crippen molar-refractivity contribution in [2.45, 2.75) is 25.8 Å². The van der Waals surface area contributed by atoms with E-state index in [9.17, 15) is 14.7 Å². The summed E-state index contributed by atoms with van der Waals surface area (Å²) in [7, 11) is 1.56. The molecule has 0 aromatic heterocycles. The average Bonchev–Trinajstić information content (AvgIpc) is 2.85. The normalized spacial score (nSPS) is 14.0. The molecule has 2 amide bonds. The van der Waals surface area contributed by atoms with Crippen molar-refractivity contribution >= 4 is 11.8 Å². The first-order valence-electron chi connectivity index (χ1n) is 11.5. The molecule has 0 spiro atoms. The third kappa shape index (κ3) is 7.76. The molecule has 1 aliphatic rings. The van der Waals surface area contributed by atoms with E-state index < -0.39 is 0 Å². The zero-order chi connectivity index (χ0) is 23.5. The SMILES string of the molecule is COc1cc(O)ccc1CNCCNC(=O)c1cccc(C(=O)NCCN2CCCCC2)c1. The summed E-state index contributed by atoms with van der Waals surface area (Å²) in [5.41, 5.74) is 1.86. The molecule has 0 aliphatic carbocycles. The second-order valence-corrected chi connectivity index (χ2v) is 8.17. The number of hydrogen-bond donors (Lipinski definition) is 4. The van der Waals surface area contributed by atoms with E-state index in [0.29, 0.717) is 43.1 Å². The van der Waals surface area contributed by atoms with E-state index in [1.165, 1.54) is 19.3 Å². The molecule has 178 valence electrons. The van der Waals surface area contributed by atoms with Crippen LogP contribution in [0.3, 0.4) is 0 Å². The summed E-state index contributed by atoms with van der Waals surface area (Å²) in [6.45, 7) is 5.21. The van der Waals surface area contributed by atoms with Gasteiger partial charge in [-0.2, -0.15) is 0 Å². The molecule has 0 radical (unpaired) electrons. The van der Waals surface area contributed by atoms with Crippen molar-refractivity contribution in [3.8, 4) is 11.5 Å². The number of carbonyl (C=O) groups excluding carboxylic acids is 2. The lowest BCUT2D eigenvalue weighted by atomic mass is 10.1. The van der Waals surface area contributed by atoms with Crippen molar-refractivity contribution in [2.24, 2.45) is 0 Å². The van der Waals surface area contributed by atoms with Gasteiger partial charge in [0.1, 0.15) is 11.5 Å². The third-order valence-corrected chi connectivity index (χ3v) is 5.72. The Hall–Kier alpha value is -3.10. The molecule has 2 aromatic rings. The fourth-order valence-corrected chi connectivity index (χ4v) is 3.88. The predicted octanol–water partition coefficient (Wildman–Crippen LogP) is 2.14. The maximum Gasteiger partial charge on any atom is 0.251 e. The van der Waals surface area contributed by atoms with E-state index in [2.05, 4.69) is 20.9 Å². The molecule has 33 heavy (non-hydrogen) atoms. The predicted molar refractivity (Wildman–Crippen MR) is 128 cm³/mol. The summed E-state index contributed by atoms with van der Waals surface area (Å²) < 4.78 is 5.26. The average molecular weight is 455 g/mol. The Labute approximate surface area is 195 Å². The number of nitrogens with zero attached hydrogens (tertiary/aromatic N) is 1. The minimum absolute atomic E-state index is 0.153. The highest BCUT2D eigenvalue weighted by atomic mass is 16.5. The molecule has 8 heteroatoms. The van der Waals surface area contributed by atoms with E-state index in [1.807, 2.05) is 0 Å². The lowest BCUT2D eigenvalue weighted by Crippen LogP contribution is -2.37. The first kappa shape index (κ1) is 24.5. The van der Waals surface area contributed by atoms with Crippen LogP contribution in [0.25, 0.3) is 0 Å². The van der Waals surface area contributed by atoms with E-state index in [-0.39, 0.29) is 17.6 Å². The van der Waals surface area contributed by atoms with Crippen LogP contribution in [0.1, 0.15) is 45.5 Å². The maximum absolute atomic E-state index is 12.5. The van der Waals surface area contributed by atoms with Gasteiger partial charge in [-0.05, 0) is 50.2 Å². The Kier molecular flexibility index (Phi) is 9.53. The van der Waals surface area contributed by atoms with Crippen molar-refractivity contribution in [3.63, 3.8) is 0 Å². The first-order chi connectivity index (χ1) is 16.1. The first-order valence-corrected chi connectivity index (χ1v) is 11.5. The maximum atomic E-state index is 12.5. The number of piperidine rings is 1. The van der Waals surface area contributed by atoms with Gasteiger partial charge in [0.05, 0.1) is 7.11 Å². The fourth-order valence-electron chi connectivity index (χ4n) is 3.88. The Morgan fingerprint density at radius 3 is 2.33 bits per heavy atom. The molecular formula is C25H34N4O4. The van der Waals surface area contributed by atoms with Crippen LogP contribution in [0, 0.1) is 0 Å². The summed E-state index contributed by atoms with van der Waals surface area (Å²) in [4.78, 5) is 27.3. The van der Waals surface area contributed by atoms with Gasteiger partial charge in [0, 0.05) is 55.5 Å². The number of benzene rings is 2. The van der Waals surface area contributed by atoms with E-state index in [4.69, 9.17) is 4.74 Å². The van der Waals surface area contributed by atoms with E-state index >= 15 is 0 Å². The van der Waals surface area contributed by atoms with Crippen LogP contribution in [-0.2, 0) is 6.54 Å². The number of rotatable bonds is 11. The summed E-state index contributed by atoms with van der Waals surface area (Å²) >= 11 is 0. The van der Waals surface area contributed by atoms with Gasteiger partial charge in [0.15, 0.2) is 0 Å². The van der Waals surface area contributed by atoms with Gasteiger partial charge in [-0.1, -0.05) is 18.6 Å². The molecule has 1 fully saturated rings. The number of hydrogen-bond acceptors (Lipinski definition) is 6. The molecule has 0 atom stereocenters. The Balaban J connectivity index is 1.39. The van der Waals surface area contributed by atoms with Crippen molar-refractivity contribution in [3.05, 3.63) is 59.2 Å². The van der Waals surface area contributed by atoms with E-state index in [0.717, 1.165) is 25.2 Å². The molecule has 2 aromatic carbocycles. The molecule has 1 heterocycles. The molecule has 3 rings (SSSR count). The summed E-state index contributed by atoms with van der Waals surface area (Å²) in [5, 5.41) is 18.6. The number of methoxy groups -OCH3 is 1. The number of phenolic OH excluding ortho intramolecular Hbond substituents is 1. The standard InChI is InChI=1S/C25H34N4O4/c1-33-23-17-22(30)9-8-21(23)18-26-10-11-27-24(31)19-6-5-7-20(16-19)25(32)28-12-15-29-13-3-2-4-14-29/h5-9,16-17,26,30H,2-4,10-15,18H2,1H3,(H,27,31)(H,28,32). The highest BCUT2D eigenvalue weighted by Crippen LogP contribution is 2.23. The smallest absolute Gasteiger partial charge is 0.251 e. The third-order valence-electron chi connectivity index (χ3n) is 5.72. The number of ether oxygens (including phenoxy) is 1.